The van der Waals surface area contributed by atoms with Crippen molar-refractivity contribution in [2.75, 3.05) is 59.6 Å². The van der Waals surface area contributed by atoms with Crippen LogP contribution in [0.3, 0.4) is 0 Å². The largest absolute Gasteiger partial charge is 0.497 e. The summed E-state index contributed by atoms with van der Waals surface area (Å²) in [7, 11) is -2.09. The molecule has 0 saturated carbocycles. The molecule has 0 unspecified atom stereocenters. The number of H-pyrrole nitrogens is 1. The summed E-state index contributed by atoms with van der Waals surface area (Å²) >= 11 is 0. The first kappa shape index (κ1) is 23.3. The molecule has 2 aromatic rings. The average molecular weight is 477 g/mol. The van der Waals surface area contributed by atoms with E-state index >= 15 is 0 Å². The van der Waals surface area contributed by atoms with Crippen molar-refractivity contribution in [1.82, 2.24) is 19.1 Å². The van der Waals surface area contributed by atoms with E-state index < -0.39 is 10.0 Å². The van der Waals surface area contributed by atoms with Gasteiger partial charge in [0, 0.05) is 45.5 Å². The summed E-state index contributed by atoms with van der Waals surface area (Å²) in [5, 5.41) is 0. The maximum Gasteiger partial charge on any atom is 0.270 e. The number of hydrogen-bond donors (Lipinski definition) is 1. The molecule has 2 aliphatic heterocycles. The predicted molar refractivity (Wildman–Crippen MR) is 120 cm³/mol. The standard InChI is InChI=1S/C22H28N4O6S/c1-31-18-4-2-3-17(13-18)14-21(27)24-5-7-25(8-6-24)22(28)20-15-19(16-23-20)33(29,30)26-9-11-32-12-10-26/h2-4,13,15-16,23H,5-12,14H2,1H3. The van der Waals surface area contributed by atoms with Gasteiger partial charge in [-0.05, 0) is 23.8 Å². The number of carbonyl (C=O) groups excluding carboxylic acids is 2. The zero-order chi connectivity index (χ0) is 23.4. The maximum absolute atomic E-state index is 12.9. The molecule has 1 aromatic carbocycles. The van der Waals surface area contributed by atoms with Crippen LogP contribution in [0, 0.1) is 0 Å². The lowest BCUT2D eigenvalue weighted by Gasteiger charge is -2.34. The molecule has 178 valence electrons. The molecule has 2 fully saturated rings. The Balaban J connectivity index is 1.33. The normalized spacial score (nSPS) is 17.7. The van der Waals surface area contributed by atoms with Gasteiger partial charge in [0.2, 0.25) is 15.9 Å². The molecule has 4 rings (SSSR count). The van der Waals surface area contributed by atoms with Gasteiger partial charge in [-0.2, -0.15) is 4.31 Å². The van der Waals surface area contributed by atoms with Crippen LogP contribution < -0.4 is 4.74 Å². The van der Waals surface area contributed by atoms with E-state index in [1.807, 2.05) is 24.3 Å². The van der Waals surface area contributed by atoms with Crippen molar-refractivity contribution in [3.63, 3.8) is 0 Å². The van der Waals surface area contributed by atoms with Crippen LogP contribution in [-0.2, 0) is 26.0 Å². The van der Waals surface area contributed by atoms with Crippen LogP contribution >= 0.6 is 0 Å². The molecule has 2 saturated heterocycles. The number of aromatic amines is 1. The van der Waals surface area contributed by atoms with Crippen molar-refractivity contribution in [2.45, 2.75) is 11.3 Å². The molecule has 3 heterocycles. The van der Waals surface area contributed by atoms with Gasteiger partial charge in [0.25, 0.3) is 5.91 Å². The van der Waals surface area contributed by atoms with Crippen molar-refractivity contribution in [2.24, 2.45) is 0 Å². The number of piperazine rings is 1. The van der Waals surface area contributed by atoms with Gasteiger partial charge in [-0.1, -0.05) is 12.1 Å². The fourth-order valence-corrected chi connectivity index (χ4v) is 5.38. The monoisotopic (exact) mass is 476 g/mol. The summed E-state index contributed by atoms with van der Waals surface area (Å²) in [6, 6.07) is 8.78. The maximum atomic E-state index is 12.9. The van der Waals surface area contributed by atoms with E-state index in [9.17, 15) is 18.0 Å². The average Bonchev–Trinajstić information content (AvgIpc) is 3.36. The highest BCUT2D eigenvalue weighted by molar-refractivity contribution is 7.89. The highest BCUT2D eigenvalue weighted by Crippen LogP contribution is 2.20. The third-order valence-electron chi connectivity index (χ3n) is 5.90. The third kappa shape index (κ3) is 5.21. The molecule has 2 amide bonds. The SMILES string of the molecule is COc1cccc(CC(=O)N2CCN(C(=O)c3cc(S(=O)(=O)N4CCOCC4)c[nH]3)CC2)c1. The summed E-state index contributed by atoms with van der Waals surface area (Å²) in [5.41, 5.74) is 1.09. The molecule has 0 radical (unpaired) electrons. The van der Waals surface area contributed by atoms with Crippen LogP contribution in [0.5, 0.6) is 5.75 Å². The number of aromatic nitrogens is 1. The number of sulfonamides is 1. The Kier molecular flexibility index (Phi) is 7.01. The van der Waals surface area contributed by atoms with E-state index in [0.29, 0.717) is 58.2 Å². The first-order chi connectivity index (χ1) is 15.9. The van der Waals surface area contributed by atoms with Gasteiger partial charge in [0.15, 0.2) is 0 Å². The fraction of sp³-hybridized carbons (Fsp3) is 0.455. The van der Waals surface area contributed by atoms with Crippen molar-refractivity contribution in [3.8, 4) is 5.75 Å². The molecule has 0 bridgehead atoms. The highest BCUT2D eigenvalue weighted by Gasteiger charge is 2.30. The number of methoxy groups -OCH3 is 1. The zero-order valence-electron chi connectivity index (χ0n) is 18.5. The first-order valence-electron chi connectivity index (χ1n) is 10.8. The first-order valence-corrected chi connectivity index (χ1v) is 12.3. The van der Waals surface area contributed by atoms with E-state index in [2.05, 4.69) is 4.98 Å². The number of benzene rings is 1. The third-order valence-corrected chi connectivity index (χ3v) is 7.78. The van der Waals surface area contributed by atoms with Gasteiger partial charge in [0.05, 0.1) is 26.7 Å². The number of amides is 2. The lowest BCUT2D eigenvalue weighted by Crippen LogP contribution is -2.51. The van der Waals surface area contributed by atoms with E-state index in [1.165, 1.54) is 16.6 Å². The summed E-state index contributed by atoms with van der Waals surface area (Å²) in [5.74, 6) is 0.420. The van der Waals surface area contributed by atoms with Gasteiger partial charge in [-0.3, -0.25) is 9.59 Å². The molecule has 1 N–H and O–H groups in total. The summed E-state index contributed by atoms with van der Waals surface area (Å²) in [6.07, 6.45) is 1.62. The molecule has 0 aliphatic carbocycles. The Bertz CT molecular complexity index is 1100. The second-order valence-electron chi connectivity index (χ2n) is 7.97. The van der Waals surface area contributed by atoms with Crippen molar-refractivity contribution in [3.05, 3.63) is 47.8 Å². The van der Waals surface area contributed by atoms with Crippen molar-refractivity contribution < 1.29 is 27.5 Å². The highest BCUT2D eigenvalue weighted by atomic mass is 32.2. The minimum absolute atomic E-state index is 0.00545. The number of nitrogens with zero attached hydrogens (tertiary/aromatic N) is 3. The van der Waals surface area contributed by atoms with Crippen LogP contribution in [0.4, 0.5) is 0 Å². The van der Waals surface area contributed by atoms with Crippen LogP contribution in [0.15, 0.2) is 41.4 Å². The Morgan fingerprint density at radius 1 is 1.03 bits per heavy atom. The molecular weight excluding hydrogens is 448 g/mol. The smallest absolute Gasteiger partial charge is 0.270 e. The second-order valence-corrected chi connectivity index (χ2v) is 9.90. The minimum Gasteiger partial charge on any atom is -0.497 e. The Labute approximate surface area is 193 Å². The molecular formula is C22H28N4O6S. The number of carbonyl (C=O) groups is 2. The van der Waals surface area contributed by atoms with Gasteiger partial charge in [-0.15, -0.1) is 0 Å². The molecule has 33 heavy (non-hydrogen) atoms. The van der Waals surface area contributed by atoms with Crippen molar-refractivity contribution in [1.29, 1.82) is 0 Å². The predicted octanol–water partition coefficient (Wildman–Crippen LogP) is 0.571. The van der Waals surface area contributed by atoms with Gasteiger partial charge in [-0.25, -0.2) is 8.42 Å². The second kappa shape index (κ2) is 9.94. The molecule has 0 atom stereocenters. The molecule has 1 aromatic heterocycles. The minimum atomic E-state index is -3.67. The Morgan fingerprint density at radius 3 is 2.42 bits per heavy atom. The lowest BCUT2D eigenvalue weighted by atomic mass is 10.1. The van der Waals surface area contributed by atoms with Gasteiger partial charge < -0.3 is 24.3 Å². The summed E-state index contributed by atoms with van der Waals surface area (Å²) < 4.78 is 37.3. The van der Waals surface area contributed by atoms with Crippen LogP contribution in [0.25, 0.3) is 0 Å². The zero-order valence-corrected chi connectivity index (χ0v) is 19.3. The quantitative estimate of drug-likeness (QED) is 0.653. The number of morpholine rings is 1. The topological polar surface area (TPSA) is 112 Å². The number of hydrogen-bond acceptors (Lipinski definition) is 6. The van der Waals surface area contributed by atoms with E-state index in [-0.39, 0.29) is 28.8 Å². The van der Waals surface area contributed by atoms with Crippen LogP contribution in [0.1, 0.15) is 16.1 Å². The molecule has 11 heteroatoms. The molecule has 2 aliphatic rings. The van der Waals surface area contributed by atoms with Gasteiger partial charge in [0.1, 0.15) is 16.3 Å². The lowest BCUT2D eigenvalue weighted by molar-refractivity contribution is -0.131. The Hall–Kier alpha value is -2.89. The van der Waals surface area contributed by atoms with E-state index in [4.69, 9.17) is 9.47 Å². The summed E-state index contributed by atoms with van der Waals surface area (Å²) in [4.78, 5) is 31.8. The Morgan fingerprint density at radius 2 is 1.73 bits per heavy atom. The molecule has 10 nitrogen and oxygen atoms in total. The van der Waals surface area contributed by atoms with E-state index in [1.54, 1.807) is 16.9 Å². The van der Waals surface area contributed by atoms with Crippen LogP contribution in [-0.4, -0.2) is 98.9 Å². The number of rotatable bonds is 6. The summed E-state index contributed by atoms with van der Waals surface area (Å²) in [6.45, 7) is 2.92. The van der Waals surface area contributed by atoms with Gasteiger partial charge >= 0.3 is 0 Å². The van der Waals surface area contributed by atoms with Crippen LogP contribution in [0.2, 0.25) is 0 Å². The van der Waals surface area contributed by atoms with Crippen molar-refractivity contribution >= 4 is 21.8 Å². The fourth-order valence-electron chi connectivity index (χ4n) is 3.98. The molecule has 0 spiro atoms. The van der Waals surface area contributed by atoms with E-state index in [0.717, 1.165) is 5.56 Å². The number of ether oxygens (including phenoxy) is 2. The number of nitrogens with one attached hydrogen (secondary N) is 1.